The molecule has 4 rings (SSSR count). The zero-order valence-corrected chi connectivity index (χ0v) is 19.3. The summed E-state index contributed by atoms with van der Waals surface area (Å²) >= 11 is 7.59. The van der Waals surface area contributed by atoms with Crippen LogP contribution in [0.2, 0.25) is 5.02 Å². The number of nitrogens with one attached hydrogen (secondary N) is 1. The number of nitrogens with zero attached hydrogens (tertiary/aromatic N) is 3. The van der Waals surface area contributed by atoms with E-state index in [4.69, 9.17) is 16.3 Å². The van der Waals surface area contributed by atoms with Crippen molar-refractivity contribution in [1.29, 1.82) is 0 Å². The predicted molar refractivity (Wildman–Crippen MR) is 124 cm³/mol. The Balaban J connectivity index is 1.51. The van der Waals surface area contributed by atoms with Crippen molar-refractivity contribution in [3.05, 3.63) is 64.4 Å². The van der Waals surface area contributed by atoms with Crippen molar-refractivity contribution in [3.63, 3.8) is 0 Å². The Morgan fingerprint density at radius 2 is 2.03 bits per heavy atom. The van der Waals surface area contributed by atoms with E-state index in [0.29, 0.717) is 28.9 Å². The number of halogens is 1. The summed E-state index contributed by atoms with van der Waals surface area (Å²) in [5, 5.41) is 12.8. The lowest BCUT2D eigenvalue weighted by molar-refractivity contribution is -0.115. The fraction of sp³-hybridized carbons (Fsp3) is 0.348. The van der Waals surface area contributed by atoms with Crippen LogP contribution < -0.4 is 10.1 Å². The van der Waals surface area contributed by atoms with E-state index in [1.165, 1.54) is 17.3 Å². The summed E-state index contributed by atoms with van der Waals surface area (Å²) in [7, 11) is 1.56. The van der Waals surface area contributed by atoms with Crippen LogP contribution in [0.4, 0.5) is 5.69 Å². The van der Waals surface area contributed by atoms with Crippen molar-refractivity contribution in [2.75, 3.05) is 12.4 Å². The third kappa shape index (κ3) is 5.05. The molecule has 1 unspecified atom stereocenters. The van der Waals surface area contributed by atoms with Crippen molar-refractivity contribution in [2.24, 2.45) is 0 Å². The molecule has 6 nitrogen and oxygen atoms in total. The van der Waals surface area contributed by atoms with Gasteiger partial charge in [-0.1, -0.05) is 53.7 Å². The molecule has 162 valence electrons. The summed E-state index contributed by atoms with van der Waals surface area (Å²) in [5.41, 5.74) is 2.66. The molecule has 1 saturated carbocycles. The molecule has 1 amide bonds. The van der Waals surface area contributed by atoms with Crippen LogP contribution in [0.15, 0.2) is 47.6 Å². The SMILES string of the molecule is COc1cc(Cl)c(C)cc1NC(=O)C(C)Sc1nnc(C2CC2)n1Cc1ccccc1. The second kappa shape index (κ2) is 9.32. The first-order valence-electron chi connectivity index (χ1n) is 10.2. The molecular weight excluding hydrogens is 432 g/mol. The lowest BCUT2D eigenvalue weighted by Crippen LogP contribution is -2.23. The van der Waals surface area contributed by atoms with Crippen molar-refractivity contribution in [2.45, 2.75) is 49.6 Å². The minimum Gasteiger partial charge on any atom is -0.495 e. The van der Waals surface area contributed by atoms with Gasteiger partial charge in [0, 0.05) is 17.0 Å². The Labute approximate surface area is 191 Å². The fourth-order valence-electron chi connectivity index (χ4n) is 3.32. The maximum absolute atomic E-state index is 12.9. The summed E-state index contributed by atoms with van der Waals surface area (Å²) < 4.78 is 7.52. The highest BCUT2D eigenvalue weighted by atomic mass is 35.5. The maximum atomic E-state index is 12.9. The number of ether oxygens (including phenoxy) is 1. The molecule has 1 heterocycles. The number of amides is 1. The first-order chi connectivity index (χ1) is 15.0. The van der Waals surface area contributed by atoms with E-state index in [1.807, 2.05) is 38.1 Å². The molecule has 31 heavy (non-hydrogen) atoms. The van der Waals surface area contributed by atoms with Gasteiger partial charge in [-0.05, 0) is 43.9 Å². The van der Waals surface area contributed by atoms with E-state index >= 15 is 0 Å². The number of benzene rings is 2. The molecule has 1 atom stereocenters. The molecule has 1 aliphatic carbocycles. The van der Waals surface area contributed by atoms with Gasteiger partial charge in [0.2, 0.25) is 5.91 Å². The van der Waals surface area contributed by atoms with E-state index in [9.17, 15) is 4.79 Å². The van der Waals surface area contributed by atoms with Crippen LogP contribution in [0.3, 0.4) is 0 Å². The lowest BCUT2D eigenvalue weighted by atomic mass is 10.2. The third-order valence-electron chi connectivity index (χ3n) is 5.26. The highest BCUT2D eigenvalue weighted by Crippen LogP contribution is 2.40. The van der Waals surface area contributed by atoms with E-state index in [1.54, 1.807) is 13.2 Å². The minimum atomic E-state index is -0.369. The van der Waals surface area contributed by atoms with Crippen LogP contribution in [0.1, 0.15) is 42.6 Å². The highest BCUT2D eigenvalue weighted by molar-refractivity contribution is 8.00. The van der Waals surface area contributed by atoms with Gasteiger partial charge in [-0.15, -0.1) is 10.2 Å². The largest absolute Gasteiger partial charge is 0.495 e. The van der Waals surface area contributed by atoms with Crippen LogP contribution in [-0.2, 0) is 11.3 Å². The molecule has 3 aromatic rings. The standard InChI is InChI=1S/C23H25ClN4O2S/c1-14-11-19(20(30-3)12-18(14)24)25-22(29)15(2)31-23-27-26-21(17-9-10-17)28(23)13-16-7-5-4-6-8-16/h4-8,11-12,15,17H,9-10,13H2,1-3H3,(H,25,29). The number of anilines is 1. The highest BCUT2D eigenvalue weighted by Gasteiger charge is 2.31. The Hall–Kier alpha value is -2.51. The Morgan fingerprint density at radius 1 is 1.29 bits per heavy atom. The fourth-order valence-corrected chi connectivity index (χ4v) is 4.33. The average molecular weight is 457 g/mol. The number of aromatic nitrogens is 3. The number of rotatable bonds is 8. The molecule has 1 aliphatic rings. The van der Waals surface area contributed by atoms with Gasteiger partial charge in [0.25, 0.3) is 0 Å². The number of hydrogen-bond donors (Lipinski definition) is 1. The van der Waals surface area contributed by atoms with Crippen LogP contribution >= 0.6 is 23.4 Å². The number of aryl methyl sites for hydroxylation is 1. The minimum absolute atomic E-state index is 0.132. The number of thioether (sulfide) groups is 1. The second-order valence-corrected chi connectivity index (χ2v) is 9.45. The summed E-state index contributed by atoms with van der Waals surface area (Å²) in [5.74, 6) is 1.88. The smallest absolute Gasteiger partial charge is 0.237 e. The van der Waals surface area contributed by atoms with Gasteiger partial charge in [0.1, 0.15) is 11.6 Å². The van der Waals surface area contributed by atoms with Crippen LogP contribution in [0.5, 0.6) is 5.75 Å². The van der Waals surface area contributed by atoms with E-state index in [-0.39, 0.29) is 11.2 Å². The van der Waals surface area contributed by atoms with Crippen LogP contribution in [0, 0.1) is 6.92 Å². The number of methoxy groups -OCH3 is 1. The van der Waals surface area contributed by atoms with Gasteiger partial charge in [-0.25, -0.2) is 0 Å². The normalized spacial score (nSPS) is 14.3. The van der Waals surface area contributed by atoms with Gasteiger partial charge in [-0.3, -0.25) is 4.79 Å². The molecular formula is C23H25ClN4O2S. The van der Waals surface area contributed by atoms with Gasteiger partial charge >= 0.3 is 0 Å². The van der Waals surface area contributed by atoms with Gasteiger partial charge in [-0.2, -0.15) is 0 Å². The van der Waals surface area contributed by atoms with Crippen LogP contribution in [0.25, 0.3) is 0 Å². The second-order valence-electron chi connectivity index (χ2n) is 7.74. The Kier molecular flexibility index (Phi) is 6.53. The summed E-state index contributed by atoms with van der Waals surface area (Å²) in [6.07, 6.45) is 2.28. The van der Waals surface area contributed by atoms with Crippen molar-refractivity contribution in [3.8, 4) is 5.75 Å². The summed E-state index contributed by atoms with van der Waals surface area (Å²) in [6, 6.07) is 13.8. The first kappa shape index (κ1) is 21.7. The molecule has 1 N–H and O–H groups in total. The quantitative estimate of drug-likeness (QED) is 0.466. The van der Waals surface area contributed by atoms with Crippen LogP contribution in [-0.4, -0.2) is 33.0 Å². The molecule has 0 radical (unpaired) electrons. The molecule has 8 heteroatoms. The summed E-state index contributed by atoms with van der Waals surface area (Å²) in [6.45, 7) is 4.45. The summed E-state index contributed by atoms with van der Waals surface area (Å²) in [4.78, 5) is 12.9. The molecule has 0 saturated heterocycles. The lowest BCUT2D eigenvalue weighted by Gasteiger charge is -2.16. The molecule has 2 aromatic carbocycles. The van der Waals surface area contributed by atoms with Gasteiger partial charge in [0.05, 0.1) is 24.6 Å². The van der Waals surface area contributed by atoms with E-state index in [0.717, 1.165) is 29.4 Å². The van der Waals surface area contributed by atoms with Crippen molar-refractivity contribution >= 4 is 35.0 Å². The maximum Gasteiger partial charge on any atom is 0.237 e. The Bertz CT molecular complexity index is 1080. The Morgan fingerprint density at radius 3 is 2.71 bits per heavy atom. The molecule has 0 spiro atoms. The topological polar surface area (TPSA) is 69.0 Å². The molecule has 0 aliphatic heterocycles. The molecule has 0 bridgehead atoms. The van der Waals surface area contributed by atoms with Crippen molar-refractivity contribution in [1.82, 2.24) is 14.8 Å². The average Bonchev–Trinajstić information content (AvgIpc) is 3.54. The van der Waals surface area contributed by atoms with E-state index < -0.39 is 0 Å². The zero-order chi connectivity index (χ0) is 22.0. The van der Waals surface area contributed by atoms with Gasteiger partial charge < -0.3 is 14.6 Å². The monoisotopic (exact) mass is 456 g/mol. The molecule has 1 aromatic heterocycles. The third-order valence-corrected chi connectivity index (χ3v) is 6.75. The van der Waals surface area contributed by atoms with Crippen molar-refractivity contribution < 1.29 is 9.53 Å². The molecule has 1 fully saturated rings. The zero-order valence-electron chi connectivity index (χ0n) is 17.8. The predicted octanol–water partition coefficient (Wildman–Crippen LogP) is 5.29. The first-order valence-corrected chi connectivity index (χ1v) is 11.5. The number of carbonyl (C=O) groups is 1. The number of hydrogen-bond acceptors (Lipinski definition) is 5. The van der Waals surface area contributed by atoms with Gasteiger partial charge in [0.15, 0.2) is 5.16 Å². The number of carbonyl (C=O) groups excluding carboxylic acids is 1. The van der Waals surface area contributed by atoms with E-state index in [2.05, 4.69) is 32.2 Å².